The summed E-state index contributed by atoms with van der Waals surface area (Å²) in [6, 6.07) is 1.77. The number of H-pyrrole nitrogens is 1. The minimum atomic E-state index is -3.82. The molecule has 0 aliphatic rings. The lowest BCUT2D eigenvalue weighted by Gasteiger charge is -2.09. The molecular weight excluding hydrogens is 346 g/mol. The van der Waals surface area contributed by atoms with Crippen molar-refractivity contribution in [2.24, 2.45) is 5.73 Å². The van der Waals surface area contributed by atoms with Gasteiger partial charge in [-0.2, -0.15) is 13.5 Å². The predicted octanol–water partition coefficient (Wildman–Crippen LogP) is 1.44. The number of nitrogens with zero attached hydrogens (tertiary/aromatic N) is 2. The number of hydrogen-bond donors (Lipinski definition) is 3. The molecule has 2 aromatic rings. The molecule has 0 spiro atoms. The van der Waals surface area contributed by atoms with Crippen LogP contribution < -0.4 is 10.5 Å². The van der Waals surface area contributed by atoms with E-state index in [0.717, 1.165) is 4.47 Å². The number of sulfonamides is 1. The van der Waals surface area contributed by atoms with Crippen LogP contribution in [0.15, 0.2) is 21.8 Å². The second-order valence-corrected chi connectivity index (χ2v) is 6.77. The molecule has 0 saturated heterocycles. The Morgan fingerprint density at radius 1 is 1.45 bits per heavy atom. The number of aromatic amines is 1. The van der Waals surface area contributed by atoms with Gasteiger partial charge in [-0.15, -0.1) is 0 Å². The lowest BCUT2D eigenvalue weighted by molar-refractivity contribution is 0.595. The molecule has 4 N–H and O–H groups in total. The van der Waals surface area contributed by atoms with Gasteiger partial charge in [-0.3, -0.25) is 9.82 Å². The van der Waals surface area contributed by atoms with E-state index in [-0.39, 0.29) is 17.4 Å². The summed E-state index contributed by atoms with van der Waals surface area (Å²) in [5.41, 5.74) is 7.36. The van der Waals surface area contributed by atoms with Crippen molar-refractivity contribution in [2.75, 3.05) is 4.72 Å². The van der Waals surface area contributed by atoms with E-state index in [1.54, 1.807) is 19.9 Å². The van der Waals surface area contributed by atoms with E-state index in [1.807, 2.05) is 0 Å². The van der Waals surface area contributed by atoms with Gasteiger partial charge in [0.1, 0.15) is 5.82 Å². The maximum atomic E-state index is 12.3. The second kappa shape index (κ2) is 5.51. The first-order chi connectivity index (χ1) is 9.35. The standard InChI is InChI=1S/C11H14BrN5O2S/c1-6-3-8(12)5-14-10(6)17-20(18,19)11-9(4-13)7(2)15-16-11/h3,5H,4,13H2,1-2H3,(H,14,17)(H,15,16). The van der Waals surface area contributed by atoms with Gasteiger partial charge in [-0.25, -0.2) is 4.98 Å². The Bertz CT molecular complexity index is 741. The van der Waals surface area contributed by atoms with E-state index in [9.17, 15) is 8.42 Å². The number of halogens is 1. The summed E-state index contributed by atoms with van der Waals surface area (Å²) < 4.78 is 27.9. The predicted molar refractivity (Wildman–Crippen MR) is 78.7 cm³/mol. The summed E-state index contributed by atoms with van der Waals surface area (Å²) in [6.45, 7) is 3.57. The summed E-state index contributed by atoms with van der Waals surface area (Å²) in [4.78, 5) is 4.04. The lowest BCUT2D eigenvalue weighted by Crippen LogP contribution is -2.17. The molecule has 7 nitrogen and oxygen atoms in total. The Kier molecular flexibility index (Phi) is 4.11. The summed E-state index contributed by atoms with van der Waals surface area (Å²) in [5.74, 6) is 0.261. The van der Waals surface area contributed by atoms with Crippen LogP contribution in [0.5, 0.6) is 0 Å². The smallest absolute Gasteiger partial charge is 0.282 e. The third-order valence-corrected chi connectivity index (χ3v) is 4.51. The van der Waals surface area contributed by atoms with Crippen LogP contribution in [0.25, 0.3) is 0 Å². The van der Waals surface area contributed by atoms with Crippen LogP contribution in [0.1, 0.15) is 16.8 Å². The average Bonchev–Trinajstić information content (AvgIpc) is 2.74. The van der Waals surface area contributed by atoms with E-state index in [0.29, 0.717) is 16.8 Å². The Hall–Kier alpha value is -1.45. The van der Waals surface area contributed by atoms with E-state index in [1.165, 1.54) is 6.20 Å². The number of nitrogens with two attached hydrogens (primary N) is 1. The molecule has 0 radical (unpaired) electrons. The number of aromatic nitrogens is 3. The van der Waals surface area contributed by atoms with E-state index >= 15 is 0 Å². The number of hydrogen-bond acceptors (Lipinski definition) is 5. The molecule has 0 saturated carbocycles. The van der Waals surface area contributed by atoms with Crippen LogP contribution in [0.4, 0.5) is 5.82 Å². The Labute approximate surface area is 125 Å². The fourth-order valence-corrected chi connectivity index (χ4v) is 3.45. The number of rotatable bonds is 4. The maximum absolute atomic E-state index is 12.3. The highest BCUT2D eigenvalue weighted by Gasteiger charge is 2.24. The van der Waals surface area contributed by atoms with Crippen molar-refractivity contribution in [2.45, 2.75) is 25.4 Å². The first-order valence-electron chi connectivity index (χ1n) is 5.74. The van der Waals surface area contributed by atoms with Crippen LogP contribution in [0, 0.1) is 13.8 Å². The summed E-state index contributed by atoms with van der Waals surface area (Å²) >= 11 is 3.27. The highest BCUT2D eigenvalue weighted by atomic mass is 79.9. The molecule has 0 atom stereocenters. The molecule has 2 aromatic heterocycles. The quantitative estimate of drug-likeness (QED) is 0.764. The van der Waals surface area contributed by atoms with Gasteiger partial charge in [0.15, 0.2) is 0 Å². The fourth-order valence-electron chi connectivity index (χ4n) is 1.72. The van der Waals surface area contributed by atoms with E-state index in [2.05, 4.69) is 35.8 Å². The van der Waals surface area contributed by atoms with Crippen molar-refractivity contribution in [1.82, 2.24) is 15.2 Å². The number of nitrogens with one attached hydrogen (secondary N) is 2. The van der Waals surface area contributed by atoms with E-state index in [4.69, 9.17) is 5.73 Å². The highest BCUT2D eigenvalue weighted by Crippen LogP contribution is 2.22. The third kappa shape index (κ3) is 2.84. The van der Waals surface area contributed by atoms with Gasteiger partial charge in [0, 0.05) is 28.5 Å². The second-order valence-electron chi connectivity index (χ2n) is 4.26. The van der Waals surface area contributed by atoms with Crippen molar-refractivity contribution in [3.05, 3.63) is 33.6 Å². The molecule has 0 unspecified atom stereocenters. The first kappa shape index (κ1) is 14.9. The molecule has 2 heterocycles. The molecular formula is C11H14BrN5O2S. The zero-order chi connectivity index (χ0) is 14.9. The van der Waals surface area contributed by atoms with Crippen molar-refractivity contribution < 1.29 is 8.42 Å². The average molecular weight is 360 g/mol. The van der Waals surface area contributed by atoms with Crippen LogP contribution in [-0.4, -0.2) is 23.6 Å². The van der Waals surface area contributed by atoms with Gasteiger partial charge < -0.3 is 5.73 Å². The molecule has 0 aliphatic carbocycles. The minimum Gasteiger partial charge on any atom is -0.326 e. The Morgan fingerprint density at radius 3 is 2.75 bits per heavy atom. The zero-order valence-electron chi connectivity index (χ0n) is 10.9. The maximum Gasteiger partial charge on any atom is 0.282 e. The van der Waals surface area contributed by atoms with Gasteiger partial charge >= 0.3 is 0 Å². The van der Waals surface area contributed by atoms with Gasteiger partial charge in [0.05, 0.1) is 0 Å². The van der Waals surface area contributed by atoms with Crippen molar-refractivity contribution in [3.8, 4) is 0 Å². The Balaban J connectivity index is 2.41. The SMILES string of the molecule is Cc1cc(Br)cnc1NS(=O)(=O)c1n[nH]c(C)c1CN. The van der Waals surface area contributed by atoms with Gasteiger partial charge in [-0.05, 0) is 41.4 Å². The fraction of sp³-hybridized carbons (Fsp3) is 0.273. The molecule has 0 aliphatic heterocycles. The largest absolute Gasteiger partial charge is 0.326 e. The summed E-state index contributed by atoms with van der Waals surface area (Å²) in [7, 11) is -3.82. The molecule has 0 amide bonds. The number of aryl methyl sites for hydroxylation is 2. The monoisotopic (exact) mass is 359 g/mol. The van der Waals surface area contributed by atoms with Crippen molar-refractivity contribution in [3.63, 3.8) is 0 Å². The summed E-state index contributed by atoms with van der Waals surface area (Å²) in [5, 5.41) is 6.34. The minimum absolute atomic E-state index is 0.0886. The lowest BCUT2D eigenvalue weighted by atomic mass is 10.3. The molecule has 0 fully saturated rings. The van der Waals surface area contributed by atoms with Gasteiger partial charge in [0.25, 0.3) is 10.0 Å². The van der Waals surface area contributed by atoms with Gasteiger partial charge in [0.2, 0.25) is 5.03 Å². The topological polar surface area (TPSA) is 114 Å². The highest BCUT2D eigenvalue weighted by molar-refractivity contribution is 9.10. The Morgan fingerprint density at radius 2 is 2.15 bits per heavy atom. The molecule has 9 heteroatoms. The van der Waals surface area contributed by atoms with Gasteiger partial charge in [-0.1, -0.05) is 0 Å². The normalized spacial score (nSPS) is 11.6. The van der Waals surface area contributed by atoms with Crippen molar-refractivity contribution in [1.29, 1.82) is 0 Å². The number of anilines is 1. The molecule has 108 valence electrons. The summed E-state index contributed by atoms with van der Waals surface area (Å²) in [6.07, 6.45) is 1.52. The molecule has 0 bridgehead atoms. The number of pyridine rings is 1. The van der Waals surface area contributed by atoms with E-state index < -0.39 is 10.0 Å². The molecule has 20 heavy (non-hydrogen) atoms. The van der Waals surface area contributed by atoms with Crippen molar-refractivity contribution >= 4 is 31.8 Å². The van der Waals surface area contributed by atoms with Crippen LogP contribution in [0.2, 0.25) is 0 Å². The molecule has 2 rings (SSSR count). The third-order valence-electron chi connectivity index (χ3n) is 2.77. The molecule has 0 aromatic carbocycles. The van der Waals surface area contributed by atoms with Crippen LogP contribution in [0.3, 0.4) is 0 Å². The zero-order valence-corrected chi connectivity index (χ0v) is 13.3. The first-order valence-corrected chi connectivity index (χ1v) is 8.01. The van der Waals surface area contributed by atoms with Crippen LogP contribution in [-0.2, 0) is 16.6 Å². The van der Waals surface area contributed by atoms with Crippen LogP contribution >= 0.6 is 15.9 Å².